The Hall–Kier alpha value is -4.85. The van der Waals surface area contributed by atoms with Crippen LogP contribution in [-0.2, 0) is 36.0 Å². The van der Waals surface area contributed by atoms with Crippen LogP contribution in [0, 0.1) is 11.8 Å². The number of urea groups is 1. The van der Waals surface area contributed by atoms with Gasteiger partial charge in [0.15, 0.2) is 16.6 Å². The van der Waals surface area contributed by atoms with Crippen LogP contribution in [0.5, 0.6) is 11.5 Å². The molecule has 2 aromatic carbocycles. The van der Waals surface area contributed by atoms with Crippen molar-refractivity contribution in [1.82, 2.24) is 10.2 Å². The summed E-state index contributed by atoms with van der Waals surface area (Å²) in [7, 11) is -9.44. The van der Waals surface area contributed by atoms with Crippen molar-refractivity contribution in [3.63, 3.8) is 0 Å². The Morgan fingerprint density at radius 1 is 0.581 bits per heavy atom. The first-order chi connectivity index (χ1) is 39.6. The Bertz CT molecular complexity index is 2800. The second kappa shape index (κ2) is 30.6. The lowest BCUT2D eigenvalue weighted by Crippen LogP contribution is -2.46. The predicted octanol–water partition coefficient (Wildman–Crippen LogP) is 18.9. The van der Waals surface area contributed by atoms with E-state index in [4.69, 9.17) is 27.2 Å². The van der Waals surface area contributed by atoms with Crippen LogP contribution < -0.4 is 14.2 Å². The van der Waals surface area contributed by atoms with E-state index >= 15 is 0 Å². The van der Waals surface area contributed by atoms with Crippen molar-refractivity contribution in [3.8, 4) is 11.5 Å². The van der Waals surface area contributed by atoms with Crippen LogP contribution in [-0.4, -0.2) is 86.5 Å². The molecule has 0 aliphatic carbocycles. The van der Waals surface area contributed by atoms with E-state index in [0.717, 1.165) is 35.3 Å². The summed E-state index contributed by atoms with van der Waals surface area (Å²) in [6.45, 7) is 50.4. The molecule has 2 aliphatic rings. The molecule has 2 aromatic rings. The molecule has 0 aromatic heterocycles. The minimum absolute atomic E-state index is 0.0673. The minimum atomic E-state index is -2.41. The van der Waals surface area contributed by atoms with E-state index in [1.54, 1.807) is 24.3 Å². The van der Waals surface area contributed by atoms with E-state index in [0.29, 0.717) is 48.3 Å². The lowest BCUT2D eigenvalue weighted by Gasteiger charge is -2.41. The first-order valence-electron chi connectivity index (χ1n) is 31.6. The largest absolute Gasteiger partial charge is 0.543 e. The number of hydrogen-bond donors (Lipinski definition) is 1. The highest BCUT2D eigenvalue weighted by molar-refractivity contribution is 6.75. The monoisotopic (exact) mass is 1250 g/mol. The maximum atomic E-state index is 14.9. The van der Waals surface area contributed by atoms with Crippen molar-refractivity contribution in [2.45, 2.75) is 259 Å². The second-order valence-electron chi connectivity index (χ2n) is 30.1. The summed E-state index contributed by atoms with van der Waals surface area (Å²) >= 11 is 0. The summed E-state index contributed by atoms with van der Waals surface area (Å²) < 4.78 is 41.4. The summed E-state index contributed by atoms with van der Waals surface area (Å²) in [5.41, 5.74) is 2.46. The molecule has 478 valence electrons. The molecule has 3 amide bonds. The van der Waals surface area contributed by atoms with Crippen LogP contribution in [0.2, 0.25) is 72.5 Å². The fourth-order valence-corrected chi connectivity index (χ4v) is 13.9. The molecule has 0 spiro atoms. The number of nitrogens with zero attached hydrogens (tertiary/aromatic N) is 1. The average Bonchev–Trinajstić information content (AvgIpc) is 2.22. The topological polar surface area (TPSA) is 139 Å². The number of amides is 3. The number of imide groups is 1. The summed E-state index contributed by atoms with van der Waals surface area (Å²) in [6, 6.07) is 10.8. The molecule has 6 atom stereocenters. The zero-order chi connectivity index (χ0) is 64.9. The number of rotatable bonds is 17. The van der Waals surface area contributed by atoms with Gasteiger partial charge in [0, 0.05) is 44.2 Å². The molecule has 2 heterocycles. The lowest BCUT2D eigenvalue weighted by atomic mass is 9.93. The molecule has 2 aliphatic heterocycles. The van der Waals surface area contributed by atoms with Gasteiger partial charge in [-0.05, 0) is 140 Å². The number of fused-ring (bicyclic) bond motifs is 2. The lowest BCUT2D eigenvalue weighted by molar-refractivity contribution is -0.121. The van der Waals surface area contributed by atoms with Gasteiger partial charge < -0.3 is 32.5 Å². The third-order valence-electron chi connectivity index (χ3n) is 18.9. The van der Waals surface area contributed by atoms with Crippen molar-refractivity contribution in [1.29, 1.82) is 0 Å². The maximum absolute atomic E-state index is 14.9. The molecule has 0 saturated carbocycles. The summed E-state index contributed by atoms with van der Waals surface area (Å²) in [5.74, 6) is -0.349. The number of allylic oxidation sites excluding steroid dienone is 7. The van der Waals surface area contributed by atoms with Crippen molar-refractivity contribution in [2.24, 2.45) is 11.8 Å². The number of ether oxygens (including phenoxy) is 2. The van der Waals surface area contributed by atoms with Gasteiger partial charge in [-0.15, -0.1) is 0 Å². The Morgan fingerprint density at radius 2 is 0.988 bits per heavy atom. The quantitative estimate of drug-likeness (QED) is 0.0535. The van der Waals surface area contributed by atoms with Crippen molar-refractivity contribution >= 4 is 57.1 Å². The molecule has 1 N–H and O–H groups in total. The van der Waals surface area contributed by atoms with E-state index in [1.807, 2.05) is 49.4 Å². The Balaban J connectivity index is 1.77. The third-order valence-corrected chi connectivity index (χ3v) is 36.6. The van der Waals surface area contributed by atoms with Crippen molar-refractivity contribution in [3.05, 3.63) is 132 Å². The van der Waals surface area contributed by atoms with E-state index in [-0.39, 0.29) is 57.0 Å². The highest BCUT2D eigenvalue weighted by Crippen LogP contribution is 2.44. The number of benzene rings is 2. The van der Waals surface area contributed by atoms with Gasteiger partial charge in [0.05, 0.1) is 12.2 Å². The zero-order valence-corrected chi connectivity index (χ0v) is 61.3. The Labute approximate surface area is 524 Å². The first-order valence-corrected chi connectivity index (χ1v) is 43.2. The van der Waals surface area contributed by atoms with Crippen LogP contribution in [0.25, 0.3) is 0 Å². The van der Waals surface area contributed by atoms with E-state index < -0.39 is 69.4 Å². The summed E-state index contributed by atoms with van der Waals surface area (Å²) in [6.07, 6.45) is 24.4. The normalized spacial score (nSPS) is 21.4. The van der Waals surface area contributed by atoms with Crippen LogP contribution >= 0.6 is 0 Å². The number of esters is 2. The SMILES string of the molecule is CCC=CC=CC(=O)N(C=CC[C@H]1C[C@@H](O[Si](C)(C)C(C)(C)C)[C@@H](C)CC=CCc2cccc(O[Si](C)(C)C(C)(C)C)c2C(=O)O1)C(=O)NC=CC[C@H]1C[C@@H](O[Si](C)(C)C(C)(C)C)[C@@H](C)CC=CCc2cccc(O[Si](C)(C)C(C)(C)C)c2C(=O)O1. The molecule has 0 bridgehead atoms. The van der Waals surface area contributed by atoms with Gasteiger partial charge in [0.2, 0.25) is 0 Å². The Kier molecular flexibility index (Phi) is 26.2. The number of nitrogens with one attached hydrogen (secondary N) is 1. The van der Waals surface area contributed by atoms with Gasteiger partial charge in [0.1, 0.15) is 34.8 Å². The van der Waals surface area contributed by atoms with Crippen molar-refractivity contribution in [2.75, 3.05) is 0 Å². The molecular weight excluding hydrogens is 1140 g/mol. The predicted molar refractivity (Wildman–Crippen MR) is 365 cm³/mol. The Morgan fingerprint density at radius 3 is 1.38 bits per heavy atom. The fraction of sp³-hybridized carbons (Fsp3) is 0.600. The number of hydrogen-bond acceptors (Lipinski definition) is 10. The molecular formula is C70H112N2O10Si4. The fourth-order valence-electron chi connectivity index (χ4n) is 8.97. The van der Waals surface area contributed by atoms with Crippen LogP contribution in [0.15, 0.2) is 110 Å². The third kappa shape index (κ3) is 20.9. The molecule has 0 fully saturated rings. The zero-order valence-electron chi connectivity index (χ0n) is 57.3. The molecule has 16 heteroatoms. The second-order valence-corrected chi connectivity index (χ2v) is 49.0. The molecule has 86 heavy (non-hydrogen) atoms. The molecule has 0 unspecified atom stereocenters. The van der Waals surface area contributed by atoms with E-state index in [1.165, 1.54) is 18.5 Å². The summed E-state index contributed by atoms with van der Waals surface area (Å²) in [4.78, 5) is 59.3. The first kappa shape index (κ1) is 73.6. The molecule has 0 radical (unpaired) electrons. The number of cyclic esters (lactones) is 2. The number of carbonyl (C=O) groups excluding carboxylic acids is 4. The van der Waals surface area contributed by atoms with E-state index in [9.17, 15) is 19.2 Å². The molecule has 4 rings (SSSR count). The molecule has 12 nitrogen and oxygen atoms in total. The van der Waals surface area contributed by atoms with E-state index in [2.05, 4.69) is 179 Å². The minimum Gasteiger partial charge on any atom is -0.543 e. The van der Waals surface area contributed by atoms with Gasteiger partial charge in [-0.25, -0.2) is 19.3 Å². The van der Waals surface area contributed by atoms with Crippen LogP contribution in [0.4, 0.5) is 4.79 Å². The standard InChI is InChI=1S/C70H112N2O10Si4/c1-24-25-26-27-46-61(73)72(48-35-43-56-50-60(82-86(22,23)70(13,14)15)52(3)37-29-31-39-54-41-33-45-58(63(54)65(75)78-56)80-84(18,19)68(7,8)9)66(76)71-47-34-42-55-49-59(81-85(20,21)69(10,11)12)51(2)36-28-30-38-53-40-32-44-57(62(53)64(74)77-55)79-83(16,17)67(4,5)6/h25-35,40-41,44-48,51-52,55-56,59-60H,24,36-39,42-43,49-50H2,1-23H3,(H,71,76)/t51-,52-,55-,56-,59+,60+/m0/s1. The van der Waals surface area contributed by atoms with Gasteiger partial charge in [-0.2, -0.15) is 0 Å². The highest BCUT2D eigenvalue weighted by atomic mass is 28.4. The smallest absolute Gasteiger partial charge is 0.342 e. The van der Waals surface area contributed by atoms with Gasteiger partial charge in [-0.1, -0.05) is 183 Å². The average molecular weight is 1250 g/mol. The van der Waals surface area contributed by atoms with Crippen LogP contribution in [0.3, 0.4) is 0 Å². The van der Waals surface area contributed by atoms with Crippen LogP contribution in [0.1, 0.15) is 181 Å². The highest BCUT2D eigenvalue weighted by Gasteiger charge is 2.45. The molecule has 0 saturated heterocycles. The van der Waals surface area contributed by atoms with Gasteiger partial charge in [0.25, 0.3) is 22.5 Å². The van der Waals surface area contributed by atoms with Gasteiger partial charge >= 0.3 is 18.0 Å². The summed E-state index contributed by atoms with van der Waals surface area (Å²) in [5, 5.41) is 2.45. The maximum Gasteiger partial charge on any atom is 0.342 e. The van der Waals surface area contributed by atoms with Gasteiger partial charge in [-0.3, -0.25) is 4.79 Å². The van der Waals surface area contributed by atoms with Crippen molar-refractivity contribution < 1.29 is 46.4 Å². The number of carbonyl (C=O) groups is 4.